The number of nitrogens with two attached hydrogens (primary N) is 1. The number of nitrogens with one attached hydrogen (secondary N) is 2. The molecule has 5 fully saturated rings. The fourth-order valence-corrected chi connectivity index (χ4v) is 7.74. The number of nitrogen functional groups attached to an aromatic ring is 1. The minimum Gasteiger partial charge on any atom is -0.494 e. The number of imide groups is 1. The second kappa shape index (κ2) is 9.72. The van der Waals surface area contributed by atoms with Crippen LogP contribution in [0.2, 0.25) is 0 Å². The second-order valence-corrected chi connectivity index (χ2v) is 12.5. The molecule has 13 heteroatoms. The van der Waals surface area contributed by atoms with E-state index in [2.05, 4.69) is 5.32 Å². The van der Waals surface area contributed by atoms with Crippen molar-refractivity contribution >= 4 is 17.8 Å². The molecule has 13 nitrogen and oxygen atoms in total. The number of aromatic hydroxyl groups is 1. The summed E-state index contributed by atoms with van der Waals surface area (Å²) in [5, 5.41) is 21.9. The van der Waals surface area contributed by atoms with Crippen molar-refractivity contribution in [2.24, 2.45) is 17.1 Å². The largest absolute Gasteiger partial charge is 0.494 e. The van der Waals surface area contributed by atoms with Gasteiger partial charge in [-0.2, -0.15) is 0 Å². The van der Waals surface area contributed by atoms with Crippen LogP contribution >= 0.6 is 0 Å². The highest BCUT2D eigenvalue weighted by Gasteiger charge is 2.68. The van der Waals surface area contributed by atoms with Crippen molar-refractivity contribution in [2.75, 3.05) is 33.3 Å². The molecular weight excluding hydrogens is 518 g/mol. The van der Waals surface area contributed by atoms with Crippen LogP contribution in [0.25, 0.3) is 0 Å². The van der Waals surface area contributed by atoms with Crippen LogP contribution in [-0.2, 0) is 16.1 Å². The summed E-state index contributed by atoms with van der Waals surface area (Å²) in [7, 11) is 1.53. The molecule has 0 unspecified atom stereocenters. The molecule has 5 N–H and O–H groups in total. The number of nitrogens with zero attached hydrogens (tertiary/aromatic N) is 4. The average molecular weight is 558 g/mol. The van der Waals surface area contributed by atoms with Crippen molar-refractivity contribution in [2.45, 2.75) is 82.0 Å². The molecule has 1 aromatic rings. The molecule has 2 saturated heterocycles. The molecule has 2 aliphatic heterocycles. The summed E-state index contributed by atoms with van der Waals surface area (Å²) < 4.78 is 8.23. The lowest BCUT2D eigenvalue weighted by molar-refractivity contribution is -0.151. The van der Waals surface area contributed by atoms with Crippen LogP contribution in [0.3, 0.4) is 0 Å². The molecule has 2 spiro atoms. The van der Waals surface area contributed by atoms with Crippen molar-refractivity contribution in [1.29, 1.82) is 5.41 Å². The van der Waals surface area contributed by atoms with Gasteiger partial charge in [0.15, 0.2) is 0 Å². The van der Waals surface area contributed by atoms with Crippen molar-refractivity contribution < 1.29 is 19.4 Å². The molecule has 3 amide bonds. The number of rotatable bonds is 6. The molecule has 40 heavy (non-hydrogen) atoms. The molecule has 6 rings (SSSR count). The molecule has 1 atom stereocenters. The summed E-state index contributed by atoms with van der Waals surface area (Å²) in [6.07, 6.45) is 6.39. The molecule has 0 radical (unpaired) electrons. The molecule has 3 saturated carbocycles. The maximum Gasteiger partial charge on any atom is 0.334 e. The van der Waals surface area contributed by atoms with E-state index in [1.54, 1.807) is 4.90 Å². The molecule has 3 aliphatic carbocycles. The highest BCUT2D eigenvalue weighted by atomic mass is 16.5. The topological polar surface area (TPSA) is 176 Å². The zero-order valence-corrected chi connectivity index (χ0v) is 23.0. The number of likely N-dealkylation sites (N-methyl/N-ethyl adjacent to an activating group) is 1. The fourth-order valence-electron chi connectivity index (χ4n) is 7.74. The number of hydrogen-bond donors (Lipinski definition) is 4. The van der Waals surface area contributed by atoms with Crippen molar-refractivity contribution in [3.8, 4) is 5.88 Å². The van der Waals surface area contributed by atoms with Crippen molar-refractivity contribution in [3.05, 3.63) is 26.4 Å². The normalized spacial score (nSPS) is 32.5. The number of amidine groups is 1. The number of morpholine rings is 1. The lowest BCUT2D eigenvalue weighted by atomic mass is 9.51. The van der Waals surface area contributed by atoms with Gasteiger partial charge in [0.05, 0.1) is 19.3 Å². The Morgan fingerprint density at radius 1 is 1.12 bits per heavy atom. The van der Waals surface area contributed by atoms with Gasteiger partial charge < -0.3 is 25.8 Å². The van der Waals surface area contributed by atoms with Gasteiger partial charge in [-0.25, -0.2) is 9.59 Å². The molecule has 0 aromatic carbocycles. The highest BCUT2D eigenvalue weighted by molar-refractivity contribution is 6.07. The zero-order chi connectivity index (χ0) is 28.4. The summed E-state index contributed by atoms with van der Waals surface area (Å²) in [4.78, 5) is 56.1. The third-order valence-corrected chi connectivity index (χ3v) is 10.1. The van der Waals surface area contributed by atoms with Gasteiger partial charge >= 0.3 is 11.7 Å². The monoisotopic (exact) mass is 557 g/mol. The predicted octanol–water partition coefficient (Wildman–Crippen LogP) is 0.316. The Balaban J connectivity index is 1.21. The van der Waals surface area contributed by atoms with E-state index in [4.69, 9.17) is 15.9 Å². The Morgan fingerprint density at radius 3 is 2.40 bits per heavy atom. The summed E-state index contributed by atoms with van der Waals surface area (Å²) in [5.74, 6) is -1.01. The summed E-state index contributed by atoms with van der Waals surface area (Å²) in [6.45, 7) is 2.62. The summed E-state index contributed by atoms with van der Waals surface area (Å²) >= 11 is 0. The first-order valence-corrected chi connectivity index (χ1v) is 14.4. The Bertz CT molecular complexity index is 1340. The van der Waals surface area contributed by atoms with Gasteiger partial charge in [-0.05, 0) is 62.7 Å². The van der Waals surface area contributed by atoms with Crippen LogP contribution in [0.4, 0.5) is 4.79 Å². The maximum atomic E-state index is 13.5. The first kappa shape index (κ1) is 27.0. The fraction of sp³-hybridized carbons (Fsp3) is 0.741. The zero-order valence-electron chi connectivity index (χ0n) is 23.0. The van der Waals surface area contributed by atoms with Gasteiger partial charge in [-0.15, -0.1) is 0 Å². The van der Waals surface area contributed by atoms with Gasteiger partial charge in [0.1, 0.15) is 16.9 Å². The van der Waals surface area contributed by atoms with E-state index in [1.807, 2.05) is 0 Å². The number of amides is 3. The Hall–Kier alpha value is -3.19. The molecule has 1 aromatic heterocycles. The quantitative estimate of drug-likeness (QED) is 0.220. The van der Waals surface area contributed by atoms with Gasteiger partial charge in [-0.1, -0.05) is 6.42 Å². The van der Waals surface area contributed by atoms with Crippen molar-refractivity contribution in [1.82, 2.24) is 24.3 Å². The number of urea groups is 1. The van der Waals surface area contributed by atoms with E-state index in [0.29, 0.717) is 64.8 Å². The van der Waals surface area contributed by atoms with E-state index in [1.165, 1.54) is 21.1 Å². The van der Waals surface area contributed by atoms with E-state index >= 15 is 0 Å². The molecular formula is C27H39N7O6. The Labute approximate surface area is 231 Å². The molecule has 3 heterocycles. The number of hydrogen-bond acceptors (Lipinski definition) is 8. The van der Waals surface area contributed by atoms with Crippen LogP contribution in [0.1, 0.15) is 69.4 Å². The molecule has 0 bridgehead atoms. The van der Waals surface area contributed by atoms with E-state index < -0.39 is 34.5 Å². The van der Waals surface area contributed by atoms with Crippen LogP contribution in [0.15, 0.2) is 9.59 Å². The van der Waals surface area contributed by atoms with Gasteiger partial charge in [0.25, 0.3) is 11.5 Å². The predicted molar refractivity (Wildman–Crippen MR) is 144 cm³/mol. The van der Waals surface area contributed by atoms with Gasteiger partial charge in [0.2, 0.25) is 5.88 Å². The first-order chi connectivity index (χ1) is 19.1. The summed E-state index contributed by atoms with van der Waals surface area (Å²) in [5.41, 5.74) is 3.05. The standard InChI is InChI=1S/C27H39N7O6/c1-31-23(37)27(33(24(31)38)13-18-11-30-9-10-40-18)14-26(15-27)7-5-17(6-8-26)34-22(36)19(20(28)29)21(35)32(25(34)39)12-16-3-2-4-16/h16-18,30,35H,2-15H2,1H3,(H3,28,29)/t17?,18-,26?,27?/m0/s1. The van der Waals surface area contributed by atoms with Gasteiger partial charge in [0, 0.05) is 32.7 Å². The third kappa shape index (κ3) is 4.08. The maximum absolute atomic E-state index is 13.5. The lowest BCUT2D eigenvalue weighted by Gasteiger charge is -2.58. The SMILES string of the molecule is CN1C(=O)N(C[C@@H]2CNCCO2)C2(CC3(CCC(n4c(=O)c(C(=N)N)c(O)n(CC5CCC5)c4=O)CC3)C2)C1=O. The van der Waals surface area contributed by atoms with E-state index in [0.717, 1.165) is 25.8 Å². The first-order valence-electron chi connectivity index (χ1n) is 14.4. The van der Waals surface area contributed by atoms with Crippen LogP contribution in [-0.4, -0.2) is 86.7 Å². The minimum absolute atomic E-state index is 0.156. The summed E-state index contributed by atoms with van der Waals surface area (Å²) in [6, 6.07) is -0.683. The third-order valence-electron chi connectivity index (χ3n) is 10.1. The number of aromatic nitrogens is 2. The molecule has 5 aliphatic rings. The minimum atomic E-state index is -0.869. The van der Waals surface area contributed by atoms with Crippen LogP contribution < -0.4 is 22.3 Å². The highest BCUT2D eigenvalue weighted by Crippen LogP contribution is 2.62. The number of carbonyl (C=O) groups is 2. The van der Waals surface area contributed by atoms with Crippen LogP contribution in [0, 0.1) is 16.7 Å². The van der Waals surface area contributed by atoms with E-state index in [9.17, 15) is 24.3 Å². The Kier molecular flexibility index (Phi) is 6.56. The van der Waals surface area contributed by atoms with Crippen molar-refractivity contribution in [3.63, 3.8) is 0 Å². The van der Waals surface area contributed by atoms with Gasteiger partial charge in [-0.3, -0.25) is 29.0 Å². The number of ether oxygens (including phenoxy) is 1. The molecule has 218 valence electrons. The number of carbonyl (C=O) groups excluding carboxylic acids is 2. The Morgan fingerprint density at radius 2 is 1.82 bits per heavy atom. The van der Waals surface area contributed by atoms with Crippen LogP contribution in [0.5, 0.6) is 5.88 Å². The lowest BCUT2D eigenvalue weighted by Crippen LogP contribution is -2.65. The second-order valence-electron chi connectivity index (χ2n) is 12.5. The smallest absolute Gasteiger partial charge is 0.334 e. The van der Waals surface area contributed by atoms with E-state index in [-0.39, 0.29) is 34.9 Å². The average Bonchev–Trinajstić information content (AvgIpc) is 3.05.